The molecule has 1 heterocycles. The average molecular weight is 476 g/mol. The van der Waals surface area contributed by atoms with Crippen molar-refractivity contribution in [2.45, 2.75) is 26.7 Å². The van der Waals surface area contributed by atoms with Gasteiger partial charge in [-0.25, -0.2) is 0 Å². The summed E-state index contributed by atoms with van der Waals surface area (Å²) in [5.74, 6) is -1.40. The van der Waals surface area contributed by atoms with Crippen LogP contribution in [0.25, 0.3) is 6.08 Å². The molecule has 0 bridgehead atoms. The maximum Gasteiger partial charge on any atom is 0.306 e. The van der Waals surface area contributed by atoms with Crippen LogP contribution >= 0.6 is 11.3 Å². The molecule has 0 saturated carbocycles. The number of hydrogen-bond acceptors (Lipinski definition) is 6. The number of benzene rings is 2. The summed E-state index contributed by atoms with van der Waals surface area (Å²) < 4.78 is 5.02. The Morgan fingerprint density at radius 2 is 1.74 bits per heavy atom. The Hall–Kier alpha value is -3.84. The van der Waals surface area contributed by atoms with E-state index in [1.54, 1.807) is 47.7 Å². The fourth-order valence-corrected chi connectivity index (χ4v) is 3.84. The summed E-state index contributed by atoms with van der Waals surface area (Å²) in [5.41, 5.74) is 3.40. The number of anilines is 1. The van der Waals surface area contributed by atoms with Crippen molar-refractivity contribution in [1.82, 2.24) is 0 Å². The standard InChI is InChI=1S/C27H25NO5S/c1-18-5-11-23(19(2)16-18)25(30)17-33-27(32)14-13-26(31)28-21-8-6-20(7-9-21)24(29)12-10-22-4-3-15-34-22/h3-12,15-16H,13-14,17H2,1-2H3,(H,28,31). The van der Waals surface area contributed by atoms with Gasteiger partial charge in [0.25, 0.3) is 0 Å². The van der Waals surface area contributed by atoms with Crippen LogP contribution in [0.15, 0.2) is 66.1 Å². The number of Topliss-reactive ketones (excluding diaryl/α,β-unsaturated/α-hetero) is 1. The monoisotopic (exact) mass is 475 g/mol. The molecule has 7 heteroatoms. The van der Waals surface area contributed by atoms with Crippen molar-refractivity contribution < 1.29 is 23.9 Å². The molecule has 3 rings (SSSR count). The van der Waals surface area contributed by atoms with Crippen LogP contribution in [-0.4, -0.2) is 30.0 Å². The summed E-state index contributed by atoms with van der Waals surface area (Å²) >= 11 is 1.54. The van der Waals surface area contributed by atoms with E-state index in [0.29, 0.717) is 16.8 Å². The van der Waals surface area contributed by atoms with Crippen LogP contribution in [0.5, 0.6) is 0 Å². The molecule has 1 N–H and O–H groups in total. The van der Waals surface area contributed by atoms with Crippen LogP contribution in [0.2, 0.25) is 0 Å². The predicted molar refractivity (Wildman–Crippen MR) is 133 cm³/mol. The van der Waals surface area contributed by atoms with Gasteiger partial charge in [0.05, 0.1) is 6.42 Å². The molecule has 2 aromatic carbocycles. The first kappa shape index (κ1) is 24.8. The van der Waals surface area contributed by atoms with E-state index in [1.807, 2.05) is 43.5 Å². The van der Waals surface area contributed by atoms with Crippen LogP contribution in [0, 0.1) is 13.8 Å². The number of aryl methyl sites for hydroxylation is 2. The maximum atomic E-state index is 12.3. The lowest BCUT2D eigenvalue weighted by atomic mass is 10.0. The lowest BCUT2D eigenvalue weighted by Crippen LogP contribution is -2.18. The average Bonchev–Trinajstić information content (AvgIpc) is 3.34. The van der Waals surface area contributed by atoms with E-state index in [2.05, 4.69) is 5.32 Å². The number of esters is 1. The lowest BCUT2D eigenvalue weighted by Gasteiger charge is -2.08. The van der Waals surface area contributed by atoms with E-state index >= 15 is 0 Å². The Bertz CT molecular complexity index is 1210. The highest BCUT2D eigenvalue weighted by molar-refractivity contribution is 7.10. The second-order valence-corrected chi connectivity index (χ2v) is 8.72. The van der Waals surface area contributed by atoms with Gasteiger partial charge in [0.2, 0.25) is 11.7 Å². The summed E-state index contributed by atoms with van der Waals surface area (Å²) in [7, 11) is 0. The van der Waals surface area contributed by atoms with Gasteiger partial charge in [0.15, 0.2) is 12.4 Å². The van der Waals surface area contributed by atoms with Gasteiger partial charge < -0.3 is 10.1 Å². The van der Waals surface area contributed by atoms with Gasteiger partial charge in [0.1, 0.15) is 0 Å². The van der Waals surface area contributed by atoms with Crippen LogP contribution in [-0.2, 0) is 14.3 Å². The number of ether oxygens (including phenoxy) is 1. The Kier molecular flexibility index (Phi) is 8.65. The van der Waals surface area contributed by atoms with Gasteiger partial charge in [0, 0.05) is 28.1 Å². The van der Waals surface area contributed by atoms with Gasteiger partial charge >= 0.3 is 5.97 Å². The highest BCUT2D eigenvalue weighted by atomic mass is 32.1. The number of hydrogen-bond donors (Lipinski definition) is 1. The molecule has 0 aliphatic heterocycles. The number of allylic oxidation sites excluding steroid dienone is 1. The molecule has 0 spiro atoms. The minimum Gasteiger partial charge on any atom is -0.457 e. The molecular formula is C27H25NO5S. The fourth-order valence-electron chi connectivity index (χ4n) is 3.22. The first-order valence-corrected chi connectivity index (χ1v) is 11.6. The summed E-state index contributed by atoms with van der Waals surface area (Å²) in [4.78, 5) is 49.6. The van der Waals surface area contributed by atoms with E-state index in [9.17, 15) is 19.2 Å². The van der Waals surface area contributed by atoms with Crippen LogP contribution in [0.1, 0.15) is 49.6 Å². The molecule has 0 saturated heterocycles. The third-order valence-electron chi connectivity index (χ3n) is 5.00. The molecule has 0 atom stereocenters. The van der Waals surface area contributed by atoms with Crippen molar-refractivity contribution in [2.75, 3.05) is 11.9 Å². The zero-order valence-corrected chi connectivity index (χ0v) is 19.8. The van der Waals surface area contributed by atoms with Crippen LogP contribution in [0.4, 0.5) is 5.69 Å². The molecule has 174 valence electrons. The SMILES string of the molecule is Cc1ccc(C(=O)COC(=O)CCC(=O)Nc2ccc(C(=O)C=Cc3cccs3)cc2)c(C)c1. The summed E-state index contributed by atoms with van der Waals surface area (Å²) in [5, 5.41) is 4.62. The molecule has 0 aliphatic carbocycles. The largest absolute Gasteiger partial charge is 0.457 e. The number of amides is 1. The van der Waals surface area contributed by atoms with Gasteiger partial charge in [-0.05, 0) is 67.3 Å². The molecule has 0 fully saturated rings. The van der Waals surface area contributed by atoms with E-state index in [0.717, 1.165) is 16.0 Å². The van der Waals surface area contributed by atoms with Crippen molar-refractivity contribution in [2.24, 2.45) is 0 Å². The van der Waals surface area contributed by atoms with Crippen LogP contribution < -0.4 is 5.32 Å². The minimum atomic E-state index is -0.619. The molecule has 0 unspecified atom stereocenters. The summed E-state index contributed by atoms with van der Waals surface area (Å²) in [6.07, 6.45) is 3.05. The number of thiophene rings is 1. The zero-order chi connectivity index (χ0) is 24.5. The van der Waals surface area contributed by atoms with Crippen LogP contribution in [0.3, 0.4) is 0 Å². The fraction of sp³-hybridized carbons (Fsp3) is 0.185. The van der Waals surface area contributed by atoms with E-state index in [1.165, 1.54) is 6.08 Å². The topological polar surface area (TPSA) is 89.5 Å². The van der Waals surface area contributed by atoms with Gasteiger partial charge in [-0.3, -0.25) is 19.2 Å². The zero-order valence-electron chi connectivity index (χ0n) is 19.0. The minimum absolute atomic E-state index is 0.0825. The Labute approximate surface area is 202 Å². The summed E-state index contributed by atoms with van der Waals surface area (Å²) in [6.45, 7) is 3.41. The highest BCUT2D eigenvalue weighted by Crippen LogP contribution is 2.15. The number of carbonyl (C=O) groups excluding carboxylic acids is 4. The molecule has 34 heavy (non-hydrogen) atoms. The van der Waals surface area contributed by atoms with Crippen molar-refractivity contribution in [3.8, 4) is 0 Å². The Balaban J connectivity index is 1.41. The highest BCUT2D eigenvalue weighted by Gasteiger charge is 2.14. The van der Waals surface area contributed by atoms with E-state index < -0.39 is 5.97 Å². The van der Waals surface area contributed by atoms with E-state index in [4.69, 9.17) is 4.74 Å². The molecule has 0 radical (unpaired) electrons. The van der Waals surface area contributed by atoms with E-state index in [-0.39, 0.29) is 36.9 Å². The van der Waals surface area contributed by atoms with Crippen molar-refractivity contribution >= 4 is 46.5 Å². The second-order valence-electron chi connectivity index (χ2n) is 7.74. The molecule has 1 aromatic heterocycles. The number of nitrogens with one attached hydrogen (secondary N) is 1. The maximum absolute atomic E-state index is 12.3. The Morgan fingerprint density at radius 1 is 0.971 bits per heavy atom. The molecule has 0 aliphatic rings. The van der Waals surface area contributed by atoms with Gasteiger partial charge in [-0.15, -0.1) is 11.3 Å². The van der Waals surface area contributed by atoms with Crippen molar-refractivity contribution in [3.05, 3.63) is 93.2 Å². The second kappa shape index (κ2) is 11.9. The molecular weight excluding hydrogens is 450 g/mol. The number of ketones is 2. The molecule has 3 aromatic rings. The smallest absolute Gasteiger partial charge is 0.306 e. The predicted octanol–water partition coefficient (Wildman–Crippen LogP) is 5.41. The first-order chi connectivity index (χ1) is 16.3. The quantitative estimate of drug-likeness (QED) is 0.241. The number of rotatable bonds is 10. The number of carbonyl (C=O) groups is 4. The third-order valence-corrected chi connectivity index (χ3v) is 5.84. The first-order valence-electron chi connectivity index (χ1n) is 10.7. The third kappa shape index (κ3) is 7.35. The van der Waals surface area contributed by atoms with Crippen molar-refractivity contribution in [1.29, 1.82) is 0 Å². The lowest BCUT2D eigenvalue weighted by molar-refractivity contribution is -0.143. The summed E-state index contributed by atoms with van der Waals surface area (Å²) in [6, 6.07) is 15.8. The van der Waals surface area contributed by atoms with Gasteiger partial charge in [-0.1, -0.05) is 29.8 Å². The normalized spacial score (nSPS) is 10.8. The van der Waals surface area contributed by atoms with Crippen molar-refractivity contribution in [3.63, 3.8) is 0 Å². The Morgan fingerprint density at radius 3 is 2.41 bits per heavy atom. The molecule has 6 nitrogen and oxygen atoms in total. The molecule has 1 amide bonds. The van der Waals surface area contributed by atoms with Gasteiger partial charge in [-0.2, -0.15) is 0 Å².